The van der Waals surface area contributed by atoms with Gasteiger partial charge in [-0.25, -0.2) is 0 Å². The number of nitrogens with zero attached hydrogens (tertiary/aromatic N) is 3. The largest absolute Gasteiger partial charge is 0.495 e. The summed E-state index contributed by atoms with van der Waals surface area (Å²) in [4.78, 5) is 24.6. The number of carbonyl (C=O) groups excluding carboxylic acids is 2. The van der Waals surface area contributed by atoms with Crippen molar-refractivity contribution < 1.29 is 14.3 Å². The van der Waals surface area contributed by atoms with Crippen LogP contribution in [0.4, 0.5) is 11.4 Å². The third-order valence-electron chi connectivity index (χ3n) is 4.16. The second-order valence-electron chi connectivity index (χ2n) is 6.34. The SMILES string of the molecule is COc1ccccc1NC(=O)Cc1nnc(SCC(=O)Nc2cc(Cl)ccc2Cl)n1C. The maximum absolute atomic E-state index is 12.4. The highest BCUT2D eigenvalue weighted by Gasteiger charge is 2.16. The molecule has 0 radical (unpaired) electrons. The Labute approximate surface area is 193 Å². The number of anilines is 2. The van der Waals surface area contributed by atoms with Crippen molar-refractivity contribution in [2.75, 3.05) is 23.5 Å². The van der Waals surface area contributed by atoms with Crippen molar-refractivity contribution in [3.05, 3.63) is 58.3 Å². The fourth-order valence-corrected chi connectivity index (χ4v) is 3.69. The van der Waals surface area contributed by atoms with E-state index in [0.29, 0.717) is 38.2 Å². The Morgan fingerprint density at radius 3 is 2.58 bits per heavy atom. The van der Waals surface area contributed by atoms with Gasteiger partial charge in [-0.05, 0) is 30.3 Å². The van der Waals surface area contributed by atoms with E-state index in [0.717, 1.165) is 0 Å². The first-order chi connectivity index (χ1) is 14.9. The molecule has 0 aliphatic rings. The molecule has 0 aliphatic heterocycles. The van der Waals surface area contributed by atoms with Crippen LogP contribution in [0.5, 0.6) is 5.75 Å². The van der Waals surface area contributed by atoms with Gasteiger partial charge in [0.25, 0.3) is 0 Å². The number of benzene rings is 2. The van der Waals surface area contributed by atoms with Gasteiger partial charge >= 0.3 is 0 Å². The summed E-state index contributed by atoms with van der Waals surface area (Å²) in [6.45, 7) is 0. The lowest BCUT2D eigenvalue weighted by atomic mass is 10.2. The van der Waals surface area contributed by atoms with E-state index in [-0.39, 0.29) is 24.0 Å². The molecule has 2 N–H and O–H groups in total. The monoisotopic (exact) mass is 479 g/mol. The van der Waals surface area contributed by atoms with E-state index in [1.807, 2.05) is 6.07 Å². The maximum atomic E-state index is 12.4. The number of nitrogens with one attached hydrogen (secondary N) is 2. The van der Waals surface area contributed by atoms with Gasteiger partial charge in [-0.2, -0.15) is 0 Å². The summed E-state index contributed by atoms with van der Waals surface area (Å²) in [6, 6.07) is 12.0. The number of ether oxygens (including phenoxy) is 1. The number of aromatic nitrogens is 3. The number of hydrogen-bond acceptors (Lipinski definition) is 6. The molecule has 2 amide bonds. The highest BCUT2D eigenvalue weighted by Crippen LogP contribution is 2.26. The zero-order valence-corrected chi connectivity index (χ0v) is 19.0. The van der Waals surface area contributed by atoms with Gasteiger partial charge in [0.15, 0.2) is 5.16 Å². The molecule has 31 heavy (non-hydrogen) atoms. The quantitative estimate of drug-likeness (QED) is 0.473. The van der Waals surface area contributed by atoms with Crippen LogP contribution in [0, 0.1) is 0 Å². The van der Waals surface area contributed by atoms with Crippen LogP contribution in [0.25, 0.3) is 0 Å². The highest BCUT2D eigenvalue weighted by molar-refractivity contribution is 7.99. The van der Waals surface area contributed by atoms with E-state index in [4.69, 9.17) is 27.9 Å². The lowest BCUT2D eigenvalue weighted by molar-refractivity contribution is -0.116. The summed E-state index contributed by atoms with van der Waals surface area (Å²) in [5, 5.41) is 15.0. The van der Waals surface area contributed by atoms with Crippen molar-refractivity contribution in [1.29, 1.82) is 0 Å². The van der Waals surface area contributed by atoms with Crippen LogP contribution in [0.2, 0.25) is 10.0 Å². The maximum Gasteiger partial charge on any atom is 0.234 e. The number of methoxy groups -OCH3 is 1. The number of amides is 2. The number of para-hydroxylation sites is 2. The minimum Gasteiger partial charge on any atom is -0.495 e. The van der Waals surface area contributed by atoms with Gasteiger partial charge in [0.05, 0.1) is 35.7 Å². The average molecular weight is 480 g/mol. The lowest BCUT2D eigenvalue weighted by Crippen LogP contribution is -2.17. The van der Waals surface area contributed by atoms with Crippen LogP contribution in [-0.2, 0) is 23.1 Å². The zero-order chi connectivity index (χ0) is 22.4. The zero-order valence-electron chi connectivity index (χ0n) is 16.7. The molecule has 3 rings (SSSR count). The van der Waals surface area contributed by atoms with Crippen LogP contribution in [0.15, 0.2) is 47.6 Å². The Morgan fingerprint density at radius 1 is 1.06 bits per heavy atom. The number of carbonyl (C=O) groups is 2. The first kappa shape index (κ1) is 22.9. The number of thioether (sulfide) groups is 1. The molecule has 0 saturated heterocycles. The summed E-state index contributed by atoms with van der Waals surface area (Å²) in [5.41, 5.74) is 1.01. The third kappa shape index (κ3) is 6.13. The standard InChI is InChI=1S/C20H19Cl2N5O3S/c1-27-17(10-18(28)23-14-5-3-4-6-16(14)30-2)25-26-20(27)31-11-19(29)24-15-9-12(21)7-8-13(15)22/h3-9H,10-11H2,1-2H3,(H,23,28)(H,24,29). The molecule has 0 atom stereocenters. The summed E-state index contributed by atoms with van der Waals surface area (Å²) < 4.78 is 6.90. The topological polar surface area (TPSA) is 98.1 Å². The second kappa shape index (κ2) is 10.5. The highest BCUT2D eigenvalue weighted by atomic mass is 35.5. The first-order valence-corrected chi connectivity index (χ1v) is 10.8. The summed E-state index contributed by atoms with van der Waals surface area (Å²) in [6.07, 6.45) is 0.0203. The van der Waals surface area contributed by atoms with Crippen LogP contribution in [-0.4, -0.2) is 39.4 Å². The van der Waals surface area contributed by atoms with Crippen LogP contribution >= 0.6 is 35.0 Å². The van der Waals surface area contributed by atoms with Gasteiger partial charge in [0.1, 0.15) is 11.6 Å². The van der Waals surface area contributed by atoms with Crippen molar-refractivity contribution >= 4 is 58.2 Å². The smallest absolute Gasteiger partial charge is 0.234 e. The molecule has 3 aromatic rings. The number of hydrogen-bond donors (Lipinski definition) is 2. The van der Waals surface area contributed by atoms with Crippen molar-refractivity contribution in [2.45, 2.75) is 11.6 Å². The van der Waals surface area contributed by atoms with Gasteiger partial charge in [-0.3, -0.25) is 9.59 Å². The number of rotatable bonds is 8. The molecule has 0 bridgehead atoms. The predicted octanol–water partition coefficient (Wildman–Crippen LogP) is 4.04. The minimum absolute atomic E-state index is 0.0203. The van der Waals surface area contributed by atoms with E-state index in [2.05, 4.69) is 20.8 Å². The Balaban J connectivity index is 1.56. The van der Waals surface area contributed by atoms with Crippen molar-refractivity contribution in [2.24, 2.45) is 7.05 Å². The van der Waals surface area contributed by atoms with Gasteiger partial charge in [-0.1, -0.05) is 47.1 Å². The van der Waals surface area contributed by atoms with Gasteiger partial charge < -0.3 is 19.9 Å². The van der Waals surface area contributed by atoms with E-state index >= 15 is 0 Å². The van der Waals surface area contributed by atoms with E-state index in [1.165, 1.54) is 18.9 Å². The Kier molecular flexibility index (Phi) is 7.78. The van der Waals surface area contributed by atoms with Gasteiger partial charge in [-0.15, -0.1) is 10.2 Å². The fourth-order valence-electron chi connectivity index (χ4n) is 2.62. The van der Waals surface area contributed by atoms with Crippen molar-refractivity contribution in [3.8, 4) is 5.75 Å². The van der Waals surface area contributed by atoms with Crippen molar-refractivity contribution in [1.82, 2.24) is 14.8 Å². The second-order valence-corrected chi connectivity index (χ2v) is 8.13. The van der Waals surface area contributed by atoms with Crippen LogP contribution < -0.4 is 15.4 Å². The molecule has 11 heteroatoms. The molecular weight excluding hydrogens is 461 g/mol. The molecule has 0 saturated carbocycles. The molecule has 8 nitrogen and oxygen atoms in total. The minimum atomic E-state index is -0.271. The fraction of sp³-hybridized carbons (Fsp3) is 0.200. The van der Waals surface area contributed by atoms with E-state index in [9.17, 15) is 9.59 Å². The van der Waals surface area contributed by atoms with Crippen molar-refractivity contribution in [3.63, 3.8) is 0 Å². The Bertz CT molecular complexity index is 1110. The molecule has 2 aromatic carbocycles. The molecule has 0 unspecified atom stereocenters. The first-order valence-electron chi connectivity index (χ1n) is 9.06. The van der Waals surface area contributed by atoms with Gasteiger partial charge in [0, 0.05) is 12.1 Å². The predicted molar refractivity (Wildman–Crippen MR) is 122 cm³/mol. The van der Waals surface area contributed by atoms with E-state index < -0.39 is 0 Å². The molecule has 1 aromatic heterocycles. The molecule has 162 valence electrons. The Hall–Kier alpha value is -2.75. The molecule has 0 spiro atoms. The summed E-state index contributed by atoms with van der Waals surface area (Å²) in [7, 11) is 3.27. The molecule has 0 fully saturated rings. The molecule has 1 heterocycles. The average Bonchev–Trinajstić information content (AvgIpc) is 3.09. The van der Waals surface area contributed by atoms with E-state index in [1.54, 1.807) is 48.0 Å². The summed E-state index contributed by atoms with van der Waals surface area (Å²) >= 11 is 13.2. The third-order valence-corrected chi connectivity index (χ3v) is 5.74. The summed E-state index contributed by atoms with van der Waals surface area (Å²) in [5.74, 6) is 0.587. The lowest BCUT2D eigenvalue weighted by Gasteiger charge is -2.10. The number of halogens is 2. The van der Waals surface area contributed by atoms with Gasteiger partial charge in [0.2, 0.25) is 11.8 Å². The van der Waals surface area contributed by atoms with Crippen LogP contribution in [0.1, 0.15) is 5.82 Å². The molecule has 0 aliphatic carbocycles. The Morgan fingerprint density at radius 2 is 1.81 bits per heavy atom. The normalized spacial score (nSPS) is 10.6. The molecular formula is C20H19Cl2N5O3S. The van der Waals surface area contributed by atoms with Crippen LogP contribution in [0.3, 0.4) is 0 Å².